The molecule has 0 aromatic rings. The highest BCUT2D eigenvalue weighted by atomic mass is 14.5. The molecule has 4 N–H and O–H groups in total. The highest BCUT2D eigenvalue weighted by Gasteiger charge is 1.50. The van der Waals surface area contributed by atoms with Crippen LogP contribution in [0.1, 0.15) is 13.8 Å². The van der Waals surface area contributed by atoms with Crippen molar-refractivity contribution in [2.45, 2.75) is 13.8 Å². The van der Waals surface area contributed by atoms with Crippen molar-refractivity contribution in [1.29, 1.82) is 0 Å². The first kappa shape index (κ1) is 10.1. The molecule has 0 unspecified atom stereocenters. The summed E-state index contributed by atoms with van der Waals surface area (Å²) in [6.45, 7) is 10.2. The molecular formula is C6H14N2. The van der Waals surface area contributed by atoms with Crippen molar-refractivity contribution < 1.29 is 0 Å². The van der Waals surface area contributed by atoms with Crippen LogP contribution in [0.2, 0.25) is 0 Å². The molecule has 0 rings (SSSR count). The number of hydrogen-bond acceptors (Lipinski definition) is 2. The average Bonchev–Trinajstić information content (AvgIpc) is 1.25. The minimum atomic E-state index is 0.667. The Morgan fingerprint density at radius 2 is 1.00 bits per heavy atom. The van der Waals surface area contributed by atoms with Gasteiger partial charge in [-0.1, -0.05) is 13.2 Å². The van der Waals surface area contributed by atoms with E-state index in [4.69, 9.17) is 11.5 Å². The quantitative estimate of drug-likeness (QED) is 0.492. The van der Waals surface area contributed by atoms with Crippen LogP contribution in [-0.4, -0.2) is 0 Å². The summed E-state index contributed by atoms with van der Waals surface area (Å²) in [7, 11) is 0. The highest BCUT2D eigenvalue weighted by Crippen LogP contribution is 1.59. The third-order valence-electron chi connectivity index (χ3n) is 0. The second-order valence-corrected chi connectivity index (χ2v) is 1.69. The molecule has 0 bridgehead atoms. The van der Waals surface area contributed by atoms with Gasteiger partial charge in [-0.3, -0.25) is 0 Å². The summed E-state index contributed by atoms with van der Waals surface area (Å²) >= 11 is 0. The maximum atomic E-state index is 4.92. The summed E-state index contributed by atoms with van der Waals surface area (Å²) in [6, 6.07) is 0. The minimum absolute atomic E-state index is 0.667. The smallest absolute Gasteiger partial charge is 0.00242 e. The molecule has 0 atom stereocenters. The molecule has 0 radical (unpaired) electrons. The Hall–Kier alpha value is -0.920. The van der Waals surface area contributed by atoms with Crippen LogP contribution in [0.15, 0.2) is 24.6 Å². The van der Waals surface area contributed by atoms with E-state index in [1.165, 1.54) is 0 Å². The third kappa shape index (κ3) is 99.9. The lowest BCUT2D eigenvalue weighted by molar-refractivity contribution is 1.34. The van der Waals surface area contributed by atoms with Crippen molar-refractivity contribution in [3.63, 3.8) is 0 Å². The second kappa shape index (κ2) is 6.08. The molecule has 0 saturated carbocycles. The highest BCUT2D eigenvalue weighted by molar-refractivity contribution is 4.76. The molecule has 2 nitrogen and oxygen atoms in total. The van der Waals surface area contributed by atoms with Crippen molar-refractivity contribution in [2.24, 2.45) is 11.5 Å². The van der Waals surface area contributed by atoms with Crippen molar-refractivity contribution >= 4 is 0 Å². The topological polar surface area (TPSA) is 52.0 Å². The summed E-state index contributed by atoms with van der Waals surface area (Å²) < 4.78 is 0. The van der Waals surface area contributed by atoms with Crippen LogP contribution in [0.25, 0.3) is 0 Å². The molecular weight excluding hydrogens is 100 g/mol. The van der Waals surface area contributed by atoms with Crippen LogP contribution in [0.5, 0.6) is 0 Å². The van der Waals surface area contributed by atoms with Crippen LogP contribution < -0.4 is 11.5 Å². The van der Waals surface area contributed by atoms with Gasteiger partial charge in [0.1, 0.15) is 0 Å². The van der Waals surface area contributed by atoms with Crippen LogP contribution >= 0.6 is 0 Å². The van der Waals surface area contributed by atoms with Crippen LogP contribution in [0.3, 0.4) is 0 Å². The van der Waals surface area contributed by atoms with Gasteiger partial charge < -0.3 is 11.5 Å². The first-order chi connectivity index (χ1) is 3.46. The fourth-order valence-corrected chi connectivity index (χ4v) is 0. The molecule has 0 aliphatic heterocycles. The van der Waals surface area contributed by atoms with Crippen molar-refractivity contribution in [3.8, 4) is 0 Å². The SMILES string of the molecule is C=C(C)N.C=C(C)N. The molecule has 8 heavy (non-hydrogen) atoms. The van der Waals surface area contributed by atoms with E-state index in [9.17, 15) is 0 Å². The lowest BCUT2D eigenvalue weighted by atomic mass is 10.6. The van der Waals surface area contributed by atoms with E-state index in [1.54, 1.807) is 13.8 Å². The van der Waals surface area contributed by atoms with E-state index >= 15 is 0 Å². The van der Waals surface area contributed by atoms with E-state index in [2.05, 4.69) is 13.2 Å². The largest absolute Gasteiger partial charge is 0.403 e. The van der Waals surface area contributed by atoms with E-state index < -0.39 is 0 Å². The fraction of sp³-hybridized carbons (Fsp3) is 0.333. The van der Waals surface area contributed by atoms with Gasteiger partial charge in [0.15, 0.2) is 0 Å². The van der Waals surface area contributed by atoms with Crippen molar-refractivity contribution in [2.75, 3.05) is 0 Å². The van der Waals surface area contributed by atoms with Crippen LogP contribution in [0.4, 0.5) is 0 Å². The van der Waals surface area contributed by atoms with Crippen LogP contribution in [0, 0.1) is 0 Å². The molecule has 0 heterocycles. The first-order valence-corrected chi connectivity index (χ1v) is 2.28. The molecule has 0 amide bonds. The lowest BCUT2D eigenvalue weighted by Gasteiger charge is -1.69. The van der Waals surface area contributed by atoms with E-state index in [-0.39, 0.29) is 0 Å². The van der Waals surface area contributed by atoms with Gasteiger partial charge >= 0.3 is 0 Å². The average molecular weight is 114 g/mol. The standard InChI is InChI=1S/2C3H7N/c2*1-3(2)4/h2*1,4H2,2H3. The molecule has 2 heteroatoms. The van der Waals surface area contributed by atoms with Gasteiger partial charge in [-0.15, -0.1) is 0 Å². The van der Waals surface area contributed by atoms with E-state index in [0.717, 1.165) is 0 Å². The molecule has 48 valence electrons. The number of nitrogens with two attached hydrogens (primary N) is 2. The van der Waals surface area contributed by atoms with Gasteiger partial charge in [0.25, 0.3) is 0 Å². The molecule has 0 aliphatic rings. The second-order valence-electron chi connectivity index (χ2n) is 1.69. The number of allylic oxidation sites excluding steroid dienone is 2. The Kier molecular flexibility index (Phi) is 7.71. The van der Waals surface area contributed by atoms with Gasteiger partial charge in [0.05, 0.1) is 0 Å². The lowest BCUT2D eigenvalue weighted by Crippen LogP contribution is -1.83. The zero-order valence-electron chi connectivity index (χ0n) is 5.57. The Bertz CT molecular complexity index is 64.5. The Labute approximate surface area is 50.9 Å². The van der Waals surface area contributed by atoms with Gasteiger partial charge in [-0.2, -0.15) is 0 Å². The van der Waals surface area contributed by atoms with Gasteiger partial charge in [-0.05, 0) is 25.2 Å². The molecule has 0 fully saturated rings. The monoisotopic (exact) mass is 114 g/mol. The molecule has 0 saturated heterocycles. The third-order valence-corrected chi connectivity index (χ3v) is 0. The van der Waals surface area contributed by atoms with Gasteiger partial charge in [-0.25, -0.2) is 0 Å². The fourth-order valence-electron chi connectivity index (χ4n) is 0. The predicted octanol–water partition coefficient (Wildman–Crippen LogP) is 0.957. The van der Waals surface area contributed by atoms with Gasteiger partial charge in [0.2, 0.25) is 0 Å². The Morgan fingerprint density at radius 1 is 1.00 bits per heavy atom. The van der Waals surface area contributed by atoms with Crippen LogP contribution in [-0.2, 0) is 0 Å². The van der Waals surface area contributed by atoms with Crippen molar-refractivity contribution in [1.82, 2.24) is 0 Å². The van der Waals surface area contributed by atoms with Crippen molar-refractivity contribution in [3.05, 3.63) is 24.6 Å². The first-order valence-electron chi connectivity index (χ1n) is 2.28. The molecule has 0 spiro atoms. The Balaban J connectivity index is 0. The number of rotatable bonds is 0. The maximum Gasteiger partial charge on any atom is -0.00242 e. The summed E-state index contributed by atoms with van der Waals surface area (Å²) in [4.78, 5) is 0. The predicted molar refractivity (Wildman–Crippen MR) is 38.0 cm³/mol. The summed E-state index contributed by atoms with van der Waals surface area (Å²) in [5, 5.41) is 0. The van der Waals surface area contributed by atoms with Gasteiger partial charge in [0, 0.05) is 0 Å². The maximum absolute atomic E-state index is 4.92. The molecule has 0 aromatic heterocycles. The zero-order valence-corrected chi connectivity index (χ0v) is 5.57. The minimum Gasteiger partial charge on any atom is -0.403 e. The molecule has 0 aromatic carbocycles. The summed E-state index contributed by atoms with van der Waals surface area (Å²) in [5.74, 6) is 0. The molecule has 0 aliphatic carbocycles. The van der Waals surface area contributed by atoms with E-state index in [0.29, 0.717) is 11.4 Å². The normalized spacial score (nSPS) is 6.25. The summed E-state index contributed by atoms with van der Waals surface area (Å²) in [5.41, 5.74) is 11.2. The summed E-state index contributed by atoms with van der Waals surface area (Å²) in [6.07, 6.45) is 0. The van der Waals surface area contributed by atoms with E-state index in [1.807, 2.05) is 0 Å². The Morgan fingerprint density at radius 3 is 1.00 bits per heavy atom. The zero-order chi connectivity index (χ0) is 7.15. The number of hydrogen-bond donors (Lipinski definition) is 2.